The molecule has 2 atom stereocenters. The topological polar surface area (TPSA) is 66.5 Å². The molecule has 15 heavy (non-hydrogen) atoms. The zero-order chi connectivity index (χ0) is 11.6. The van der Waals surface area contributed by atoms with E-state index in [4.69, 9.17) is 5.73 Å². The van der Waals surface area contributed by atoms with E-state index in [2.05, 4.69) is 45.2 Å². The minimum Gasteiger partial charge on any atom is -0.506 e. The van der Waals surface area contributed by atoms with Crippen LogP contribution in [0.15, 0.2) is 12.1 Å². The lowest BCUT2D eigenvalue weighted by Crippen LogP contribution is -2.25. The Morgan fingerprint density at radius 2 is 2.00 bits per heavy atom. The Kier molecular flexibility index (Phi) is 5.07. The van der Waals surface area contributed by atoms with Crippen LogP contribution in [0.2, 0.25) is 0 Å². The van der Waals surface area contributed by atoms with E-state index in [9.17, 15) is 10.2 Å². The average Bonchev–Trinajstić information content (AvgIpc) is 2.21. The summed E-state index contributed by atoms with van der Waals surface area (Å²) in [5, 5.41) is 19.5. The fraction of sp³-hybridized carbons (Fsp3) is 0.400. The lowest BCUT2D eigenvalue weighted by molar-refractivity contribution is 0.139. The molecule has 0 spiro atoms. The Labute approximate surface area is 116 Å². The molecular weight excluding hydrogens is 420 g/mol. The first-order chi connectivity index (χ1) is 6.97. The molecule has 0 aliphatic carbocycles. The fourth-order valence-corrected chi connectivity index (χ4v) is 3.19. The molecule has 3 nitrogen and oxygen atoms in total. The summed E-state index contributed by atoms with van der Waals surface area (Å²) in [6.07, 6.45) is -0.0484. The lowest BCUT2D eigenvalue weighted by Gasteiger charge is -2.19. The van der Waals surface area contributed by atoms with Crippen molar-refractivity contribution in [2.75, 3.05) is 0 Å². The second-order valence-corrected chi connectivity index (χ2v) is 5.73. The van der Waals surface area contributed by atoms with Gasteiger partial charge in [-0.05, 0) is 63.7 Å². The van der Waals surface area contributed by atoms with Gasteiger partial charge in [0.25, 0.3) is 0 Å². The summed E-state index contributed by atoms with van der Waals surface area (Å²) >= 11 is 4.22. The highest BCUT2D eigenvalue weighted by Crippen LogP contribution is 2.32. The Balaban J connectivity index is 3.13. The van der Waals surface area contributed by atoms with Gasteiger partial charge in [0.05, 0.1) is 15.7 Å². The van der Waals surface area contributed by atoms with Gasteiger partial charge in [0.2, 0.25) is 0 Å². The van der Waals surface area contributed by atoms with Gasteiger partial charge in [0, 0.05) is 9.13 Å². The monoisotopic (exact) mass is 433 g/mol. The van der Waals surface area contributed by atoms with Crippen molar-refractivity contribution >= 4 is 45.2 Å². The predicted octanol–water partition coefficient (Wildman–Crippen LogP) is 2.37. The highest BCUT2D eigenvalue weighted by atomic mass is 127. The number of rotatable bonds is 3. The van der Waals surface area contributed by atoms with Gasteiger partial charge in [0.15, 0.2) is 0 Å². The van der Waals surface area contributed by atoms with E-state index in [1.54, 1.807) is 0 Å². The van der Waals surface area contributed by atoms with Crippen molar-refractivity contribution in [3.63, 3.8) is 0 Å². The predicted molar refractivity (Wildman–Crippen MR) is 76.8 cm³/mol. The average molecular weight is 433 g/mol. The van der Waals surface area contributed by atoms with Crippen molar-refractivity contribution in [2.45, 2.75) is 25.5 Å². The minimum atomic E-state index is -0.620. The lowest BCUT2D eigenvalue weighted by atomic mass is 10.00. The molecule has 1 rings (SSSR count). The fourth-order valence-electron chi connectivity index (χ4n) is 1.30. The molecule has 0 radical (unpaired) electrons. The number of hydrogen-bond donors (Lipinski definition) is 3. The van der Waals surface area contributed by atoms with Crippen LogP contribution in [0.25, 0.3) is 0 Å². The van der Waals surface area contributed by atoms with Crippen molar-refractivity contribution in [3.05, 3.63) is 24.8 Å². The molecule has 0 saturated carbocycles. The summed E-state index contributed by atoms with van der Waals surface area (Å²) in [6, 6.07) is 3.14. The highest BCUT2D eigenvalue weighted by molar-refractivity contribution is 14.1. The van der Waals surface area contributed by atoms with E-state index in [1.807, 2.05) is 19.1 Å². The summed E-state index contributed by atoms with van der Waals surface area (Å²) in [4.78, 5) is 0. The maximum atomic E-state index is 9.83. The van der Waals surface area contributed by atoms with Crippen LogP contribution in [0, 0.1) is 7.14 Å². The number of aliphatic hydroxyl groups excluding tert-OH is 1. The molecule has 0 aliphatic rings. The molecular formula is C10H13I2NO2. The summed E-state index contributed by atoms with van der Waals surface area (Å²) in [5.74, 6) is 0.177. The summed E-state index contributed by atoms with van der Waals surface area (Å²) in [5.41, 5.74) is 6.48. The second-order valence-electron chi connectivity index (χ2n) is 3.33. The number of phenolic OH excluding ortho intramolecular Hbond substituents is 1. The van der Waals surface area contributed by atoms with Gasteiger partial charge in [-0.3, -0.25) is 0 Å². The molecule has 0 saturated heterocycles. The molecule has 0 aromatic heterocycles. The van der Waals surface area contributed by atoms with Gasteiger partial charge in [0.1, 0.15) is 5.75 Å². The third-order valence-electron chi connectivity index (χ3n) is 2.25. The van der Waals surface area contributed by atoms with Gasteiger partial charge >= 0.3 is 0 Å². The molecule has 84 valence electrons. The first-order valence-corrected chi connectivity index (χ1v) is 6.74. The van der Waals surface area contributed by atoms with Crippen molar-refractivity contribution in [1.29, 1.82) is 0 Å². The quantitative estimate of drug-likeness (QED) is 0.642. The van der Waals surface area contributed by atoms with Crippen molar-refractivity contribution in [3.8, 4) is 5.75 Å². The van der Waals surface area contributed by atoms with Crippen molar-refractivity contribution < 1.29 is 10.2 Å². The Morgan fingerprint density at radius 1 is 1.40 bits per heavy atom. The number of aliphatic hydroxyl groups is 1. The van der Waals surface area contributed by atoms with E-state index in [0.29, 0.717) is 12.0 Å². The van der Waals surface area contributed by atoms with Crippen LogP contribution in [-0.4, -0.2) is 16.3 Å². The van der Waals surface area contributed by atoms with Crippen LogP contribution in [0.5, 0.6) is 5.75 Å². The van der Waals surface area contributed by atoms with Gasteiger partial charge in [-0.15, -0.1) is 0 Å². The van der Waals surface area contributed by atoms with Crippen LogP contribution >= 0.6 is 45.2 Å². The summed E-state index contributed by atoms with van der Waals surface area (Å²) in [6.45, 7) is 1.86. The van der Waals surface area contributed by atoms with E-state index < -0.39 is 12.1 Å². The normalized spacial score (nSPS) is 15.0. The number of aromatic hydroxyl groups is 1. The molecule has 0 heterocycles. The largest absolute Gasteiger partial charge is 0.506 e. The van der Waals surface area contributed by atoms with Gasteiger partial charge in [-0.2, -0.15) is 0 Å². The van der Waals surface area contributed by atoms with Crippen LogP contribution < -0.4 is 5.73 Å². The summed E-state index contributed by atoms with van der Waals surface area (Å²) in [7, 11) is 0. The second kappa shape index (κ2) is 5.65. The van der Waals surface area contributed by atoms with Crippen LogP contribution in [-0.2, 0) is 0 Å². The molecule has 0 fully saturated rings. The van der Waals surface area contributed by atoms with Crippen LogP contribution in [0.4, 0.5) is 0 Å². The van der Waals surface area contributed by atoms with E-state index in [-0.39, 0.29) is 5.75 Å². The minimum absolute atomic E-state index is 0.177. The number of hydrogen-bond acceptors (Lipinski definition) is 3. The molecule has 5 heteroatoms. The Morgan fingerprint density at radius 3 is 2.53 bits per heavy atom. The van der Waals surface area contributed by atoms with E-state index in [1.165, 1.54) is 0 Å². The number of halogens is 2. The SMILES string of the molecule is CC[C@@H](O)[C@@H](N)c1cc(I)cc(I)c1O. The van der Waals surface area contributed by atoms with Crippen LogP contribution in [0.3, 0.4) is 0 Å². The number of phenols is 1. The van der Waals surface area contributed by atoms with Crippen molar-refractivity contribution in [1.82, 2.24) is 0 Å². The highest BCUT2D eigenvalue weighted by Gasteiger charge is 2.20. The standard InChI is InChI=1S/C10H13I2NO2/c1-2-8(14)9(13)6-3-5(11)4-7(12)10(6)15/h3-4,8-9,14-15H,2,13H2,1H3/t8-,9+/m1/s1. The van der Waals surface area contributed by atoms with Gasteiger partial charge in [-0.25, -0.2) is 0 Å². The third-order valence-corrected chi connectivity index (χ3v) is 3.69. The van der Waals surface area contributed by atoms with E-state index in [0.717, 1.165) is 7.14 Å². The smallest absolute Gasteiger partial charge is 0.133 e. The van der Waals surface area contributed by atoms with Gasteiger partial charge < -0.3 is 15.9 Å². The zero-order valence-corrected chi connectivity index (χ0v) is 12.6. The molecule has 4 N–H and O–H groups in total. The Bertz CT molecular complexity index is 358. The van der Waals surface area contributed by atoms with Crippen LogP contribution in [0.1, 0.15) is 24.9 Å². The third kappa shape index (κ3) is 3.18. The maximum Gasteiger partial charge on any atom is 0.133 e. The maximum absolute atomic E-state index is 9.83. The number of nitrogens with two attached hydrogens (primary N) is 1. The first kappa shape index (κ1) is 13.5. The first-order valence-electron chi connectivity index (χ1n) is 4.59. The molecule has 0 amide bonds. The van der Waals surface area contributed by atoms with E-state index >= 15 is 0 Å². The number of benzene rings is 1. The molecule has 1 aromatic carbocycles. The molecule has 1 aromatic rings. The summed E-state index contributed by atoms with van der Waals surface area (Å²) < 4.78 is 1.76. The van der Waals surface area contributed by atoms with Gasteiger partial charge in [-0.1, -0.05) is 6.92 Å². The van der Waals surface area contributed by atoms with Crippen molar-refractivity contribution in [2.24, 2.45) is 5.73 Å². The Hall–Kier alpha value is 0.400. The molecule has 0 bridgehead atoms. The molecule has 0 unspecified atom stereocenters. The zero-order valence-electron chi connectivity index (χ0n) is 8.24. The molecule has 0 aliphatic heterocycles.